The lowest BCUT2D eigenvalue weighted by atomic mass is 10.4. The SMILES string of the molecule is CC(N)CNC(=S)S. The lowest BCUT2D eigenvalue weighted by molar-refractivity contribution is 0.711. The molecule has 0 saturated heterocycles. The molecular weight excluding hydrogens is 140 g/mol. The molecule has 0 saturated carbocycles. The van der Waals surface area contributed by atoms with Crippen LogP contribution in [0.3, 0.4) is 0 Å². The summed E-state index contributed by atoms with van der Waals surface area (Å²) in [7, 11) is 0. The van der Waals surface area contributed by atoms with E-state index < -0.39 is 0 Å². The first-order chi connectivity index (χ1) is 3.63. The van der Waals surface area contributed by atoms with E-state index in [0.29, 0.717) is 10.9 Å². The van der Waals surface area contributed by atoms with Gasteiger partial charge in [0.2, 0.25) is 0 Å². The summed E-state index contributed by atoms with van der Waals surface area (Å²) in [5, 5.41) is 2.82. The highest BCUT2D eigenvalue weighted by molar-refractivity contribution is 8.11. The maximum absolute atomic E-state index is 5.38. The fourth-order valence-corrected chi connectivity index (χ4v) is 0.423. The molecule has 0 bridgehead atoms. The molecule has 48 valence electrons. The molecule has 1 unspecified atom stereocenters. The summed E-state index contributed by atoms with van der Waals surface area (Å²) < 4.78 is 0.502. The van der Waals surface area contributed by atoms with Crippen molar-refractivity contribution in [2.24, 2.45) is 5.73 Å². The van der Waals surface area contributed by atoms with Gasteiger partial charge in [0.15, 0.2) is 0 Å². The Morgan fingerprint density at radius 1 is 2.00 bits per heavy atom. The zero-order chi connectivity index (χ0) is 6.57. The van der Waals surface area contributed by atoms with Crippen LogP contribution in [0.5, 0.6) is 0 Å². The second-order valence-electron chi connectivity index (χ2n) is 1.66. The van der Waals surface area contributed by atoms with Crippen LogP contribution in [0, 0.1) is 0 Å². The van der Waals surface area contributed by atoms with Crippen LogP contribution in [-0.4, -0.2) is 16.9 Å². The van der Waals surface area contributed by atoms with Crippen molar-refractivity contribution in [2.45, 2.75) is 13.0 Å². The first-order valence-electron chi connectivity index (χ1n) is 2.35. The highest BCUT2D eigenvalue weighted by Crippen LogP contribution is 1.77. The molecule has 4 heteroatoms. The van der Waals surface area contributed by atoms with Crippen molar-refractivity contribution in [1.29, 1.82) is 0 Å². The van der Waals surface area contributed by atoms with Crippen LogP contribution in [0.15, 0.2) is 0 Å². The molecule has 8 heavy (non-hydrogen) atoms. The smallest absolute Gasteiger partial charge is 0.130 e. The Balaban J connectivity index is 3.05. The average molecular weight is 150 g/mol. The first-order valence-corrected chi connectivity index (χ1v) is 3.21. The normalized spacial score (nSPS) is 12.9. The number of thiocarbonyl (C=S) groups is 1. The number of hydrogen-bond acceptors (Lipinski definition) is 2. The zero-order valence-corrected chi connectivity index (χ0v) is 6.43. The molecule has 0 fully saturated rings. The quantitative estimate of drug-likeness (QED) is 0.387. The number of nitrogens with one attached hydrogen (secondary N) is 1. The molecule has 2 nitrogen and oxygen atoms in total. The molecule has 0 amide bonds. The molecule has 0 aliphatic heterocycles. The Bertz CT molecular complexity index is 82.1. The van der Waals surface area contributed by atoms with E-state index in [4.69, 9.17) is 5.73 Å². The van der Waals surface area contributed by atoms with Gasteiger partial charge in [0.1, 0.15) is 4.32 Å². The molecule has 1 atom stereocenters. The van der Waals surface area contributed by atoms with Gasteiger partial charge in [0.05, 0.1) is 0 Å². The lowest BCUT2D eigenvalue weighted by Gasteiger charge is -2.04. The molecule has 0 aliphatic rings. The zero-order valence-electron chi connectivity index (χ0n) is 4.72. The summed E-state index contributed by atoms with van der Waals surface area (Å²) in [5.41, 5.74) is 5.38. The van der Waals surface area contributed by atoms with Gasteiger partial charge in [-0.15, -0.1) is 12.6 Å². The van der Waals surface area contributed by atoms with E-state index in [0.717, 1.165) is 0 Å². The van der Waals surface area contributed by atoms with Gasteiger partial charge in [-0.25, -0.2) is 0 Å². The minimum atomic E-state index is 0.139. The fourth-order valence-electron chi connectivity index (χ4n) is 0.248. The molecule has 3 N–H and O–H groups in total. The predicted octanol–water partition coefficient (Wildman–Crippen LogP) is 0.138. The summed E-state index contributed by atoms with van der Waals surface area (Å²) in [6, 6.07) is 0.139. The Morgan fingerprint density at radius 3 is 2.62 bits per heavy atom. The van der Waals surface area contributed by atoms with E-state index in [1.165, 1.54) is 0 Å². The van der Waals surface area contributed by atoms with E-state index in [1.54, 1.807) is 0 Å². The first kappa shape index (κ1) is 8.20. The number of rotatable bonds is 2. The van der Waals surface area contributed by atoms with Crippen LogP contribution in [0.4, 0.5) is 0 Å². The molecule has 0 aromatic heterocycles. The Hall–Kier alpha value is 0.200. The summed E-state index contributed by atoms with van der Waals surface area (Å²) >= 11 is 8.45. The fraction of sp³-hybridized carbons (Fsp3) is 0.750. The largest absolute Gasteiger partial charge is 0.370 e. The van der Waals surface area contributed by atoms with Gasteiger partial charge in [-0.05, 0) is 6.92 Å². The van der Waals surface area contributed by atoms with E-state index in [9.17, 15) is 0 Å². The maximum atomic E-state index is 5.38. The second kappa shape index (κ2) is 4.12. The van der Waals surface area contributed by atoms with Crippen molar-refractivity contribution in [3.63, 3.8) is 0 Å². The third-order valence-corrected chi connectivity index (χ3v) is 0.878. The Kier molecular flexibility index (Phi) is 4.22. The molecule has 0 aromatic rings. The van der Waals surface area contributed by atoms with Gasteiger partial charge in [0, 0.05) is 12.6 Å². The maximum Gasteiger partial charge on any atom is 0.130 e. The van der Waals surface area contributed by atoms with Crippen LogP contribution in [-0.2, 0) is 0 Å². The summed E-state index contributed by atoms with van der Waals surface area (Å²) in [6.45, 7) is 2.60. The van der Waals surface area contributed by atoms with Crippen molar-refractivity contribution in [2.75, 3.05) is 6.54 Å². The monoisotopic (exact) mass is 150 g/mol. The summed E-state index contributed by atoms with van der Waals surface area (Å²) in [6.07, 6.45) is 0. The van der Waals surface area contributed by atoms with Crippen molar-refractivity contribution in [3.8, 4) is 0 Å². The molecule has 0 aromatic carbocycles. The van der Waals surface area contributed by atoms with Gasteiger partial charge in [-0.2, -0.15) is 0 Å². The molecule has 0 rings (SSSR count). The third-order valence-electron chi connectivity index (χ3n) is 0.575. The van der Waals surface area contributed by atoms with Crippen LogP contribution in [0.1, 0.15) is 6.92 Å². The van der Waals surface area contributed by atoms with E-state index in [2.05, 4.69) is 30.2 Å². The topological polar surface area (TPSA) is 38.0 Å². The summed E-state index contributed by atoms with van der Waals surface area (Å²) in [4.78, 5) is 0. The molecule has 0 radical (unpaired) electrons. The molecule has 0 aliphatic carbocycles. The highest BCUT2D eigenvalue weighted by atomic mass is 32.1. The summed E-state index contributed by atoms with van der Waals surface area (Å²) in [5.74, 6) is 0. The Labute approximate surface area is 60.2 Å². The van der Waals surface area contributed by atoms with Gasteiger partial charge >= 0.3 is 0 Å². The Morgan fingerprint density at radius 2 is 2.50 bits per heavy atom. The van der Waals surface area contributed by atoms with Gasteiger partial charge in [-0.3, -0.25) is 0 Å². The molecule has 0 spiro atoms. The minimum absolute atomic E-state index is 0.139. The van der Waals surface area contributed by atoms with Crippen molar-refractivity contribution in [3.05, 3.63) is 0 Å². The predicted molar refractivity (Wildman–Crippen MR) is 43.2 cm³/mol. The van der Waals surface area contributed by atoms with E-state index >= 15 is 0 Å². The number of nitrogens with two attached hydrogens (primary N) is 1. The van der Waals surface area contributed by atoms with Gasteiger partial charge in [0.25, 0.3) is 0 Å². The van der Waals surface area contributed by atoms with Crippen LogP contribution in [0.25, 0.3) is 0 Å². The van der Waals surface area contributed by atoms with Crippen LogP contribution >= 0.6 is 24.8 Å². The number of hydrogen-bond donors (Lipinski definition) is 3. The third kappa shape index (κ3) is 6.20. The van der Waals surface area contributed by atoms with Crippen molar-refractivity contribution in [1.82, 2.24) is 5.32 Å². The van der Waals surface area contributed by atoms with Crippen molar-refractivity contribution < 1.29 is 0 Å². The van der Waals surface area contributed by atoms with Crippen LogP contribution < -0.4 is 11.1 Å². The van der Waals surface area contributed by atoms with E-state index in [1.807, 2.05) is 6.92 Å². The lowest BCUT2D eigenvalue weighted by Crippen LogP contribution is -2.32. The standard InChI is InChI=1S/C4H10N2S2/c1-3(5)2-6-4(7)8/h3H,2,5H2,1H3,(H2,6,7,8). The van der Waals surface area contributed by atoms with Crippen molar-refractivity contribution >= 4 is 29.2 Å². The molecule has 0 heterocycles. The minimum Gasteiger partial charge on any atom is -0.370 e. The highest BCUT2D eigenvalue weighted by Gasteiger charge is 1.90. The van der Waals surface area contributed by atoms with Crippen LogP contribution in [0.2, 0.25) is 0 Å². The van der Waals surface area contributed by atoms with Gasteiger partial charge in [-0.1, -0.05) is 12.2 Å². The second-order valence-corrected chi connectivity index (χ2v) is 2.82. The molecular formula is C4H10N2S2. The number of thiol groups is 1. The van der Waals surface area contributed by atoms with Gasteiger partial charge < -0.3 is 11.1 Å². The average Bonchev–Trinajstić information content (AvgIpc) is 1.61. The van der Waals surface area contributed by atoms with E-state index in [-0.39, 0.29) is 6.04 Å².